The van der Waals surface area contributed by atoms with Crippen molar-refractivity contribution in [2.24, 2.45) is 0 Å². The van der Waals surface area contributed by atoms with Crippen LogP contribution < -0.4 is 4.74 Å². The lowest BCUT2D eigenvalue weighted by Crippen LogP contribution is -2.27. The standard InChI is InChI=1S/C10H10BrNO2/c1-12-4-5-14-9-6-7(11)2-3-8(9)10(12)13/h2-3,6H,4-5H2,1H3. The van der Waals surface area contributed by atoms with Gasteiger partial charge in [0.2, 0.25) is 0 Å². The van der Waals surface area contributed by atoms with Gasteiger partial charge in [0.1, 0.15) is 12.4 Å². The first kappa shape index (κ1) is 9.52. The average Bonchev–Trinajstić information content (AvgIpc) is 2.28. The van der Waals surface area contributed by atoms with Crippen molar-refractivity contribution in [1.29, 1.82) is 0 Å². The Labute approximate surface area is 90.8 Å². The van der Waals surface area contributed by atoms with Crippen LogP contribution in [-0.2, 0) is 0 Å². The Hall–Kier alpha value is -1.03. The van der Waals surface area contributed by atoms with Gasteiger partial charge in [0, 0.05) is 11.5 Å². The molecule has 2 rings (SSSR count). The molecule has 0 fully saturated rings. The largest absolute Gasteiger partial charge is 0.491 e. The molecule has 4 heteroatoms. The van der Waals surface area contributed by atoms with Gasteiger partial charge in [-0.3, -0.25) is 4.79 Å². The molecule has 14 heavy (non-hydrogen) atoms. The fraction of sp³-hybridized carbons (Fsp3) is 0.300. The smallest absolute Gasteiger partial charge is 0.257 e. The van der Waals surface area contributed by atoms with Crippen molar-refractivity contribution in [2.75, 3.05) is 20.2 Å². The van der Waals surface area contributed by atoms with Crippen LogP contribution in [0.25, 0.3) is 0 Å². The zero-order valence-corrected chi connectivity index (χ0v) is 9.37. The minimum Gasteiger partial charge on any atom is -0.491 e. The van der Waals surface area contributed by atoms with Crippen LogP contribution in [0.15, 0.2) is 22.7 Å². The molecule has 1 aromatic rings. The summed E-state index contributed by atoms with van der Waals surface area (Å²) in [6, 6.07) is 5.45. The van der Waals surface area contributed by atoms with E-state index >= 15 is 0 Å². The van der Waals surface area contributed by atoms with Crippen LogP contribution >= 0.6 is 15.9 Å². The molecule has 0 unspecified atom stereocenters. The normalized spacial score (nSPS) is 15.9. The van der Waals surface area contributed by atoms with E-state index in [0.29, 0.717) is 24.5 Å². The second-order valence-corrected chi connectivity index (χ2v) is 4.13. The Morgan fingerprint density at radius 1 is 1.50 bits per heavy atom. The molecule has 0 N–H and O–H groups in total. The van der Waals surface area contributed by atoms with Crippen molar-refractivity contribution in [3.05, 3.63) is 28.2 Å². The Kier molecular flexibility index (Phi) is 2.46. The molecule has 1 aromatic carbocycles. The molecule has 0 saturated heterocycles. The number of halogens is 1. The Morgan fingerprint density at radius 2 is 2.29 bits per heavy atom. The molecule has 0 aliphatic carbocycles. The minimum atomic E-state index is 0.0185. The van der Waals surface area contributed by atoms with Crippen LogP contribution in [0.2, 0.25) is 0 Å². The second kappa shape index (κ2) is 3.61. The summed E-state index contributed by atoms with van der Waals surface area (Å²) in [6.07, 6.45) is 0. The molecule has 74 valence electrons. The molecule has 1 heterocycles. The maximum absolute atomic E-state index is 11.8. The predicted molar refractivity (Wildman–Crippen MR) is 56.6 cm³/mol. The fourth-order valence-corrected chi connectivity index (χ4v) is 1.73. The van der Waals surface area contributed by atoms with Gasteiger partial charge in [-0.25, -0.2) is 0 Å². The second-order valence-electron chi connectivity index (χ2n) is 3.22. The molecule has 1 aliphatic rings. The third-order valence-electron chi connectivity index (χ3n) is 2.21. The zero-order chi connectivity index (χ0) is 10.1. The third kappa shape index (κ3) is 1.62. The van der Waals surface area contributed by atoms with Gasteiger partial charge in [-0.05, 0) is 18.2 Å². The first-order valence-electron chi connectivity index (χ1n) is 4.36. The van der Waals surface area contributed by atoms with Gasteiger partial charge in [-0.15, -0.1) is 0 Å². The van der Waals surface area contributed by atoms with Crippen LogP contribution in [0.4, 0.5) is 0 Å². The maximum atomic E-state index is 11.8. The van der Waals surface area contributed by atoms with Crippen LogP contribution in [0.5, 0.6) is 5.75 Å². The van der Waals surface area contributed by atoms with Gasteiger partial charge >= 0.3 is 0 Å². The van der Waals surface area contributed by atoms with E-state index in [9.17, 15) is 4.79 Å². The highest BCUT2D eigenvalue weighted by Crippen LogP contribution is 2.26. The number of hydrogen-bond acceptors (Lipinski definition) is 2. The summed E-state index contributed by atoms with van der Waals surface area (Å²) in [5.41, 5.74) is 0.633. The minimum absolute atomic E-state index is 0.0185. The molecule has 0 atom stereocenters. The van der Waals surface area contributed by atoms with Gasteiger partial charge in [-0.2, -0.15) is 0 Å². The SMILES string of the molecule is CN1CCOc2cc(Br)ccc2C1=O. The Morgan fingerprint density at radius 3 is 3.07 bits per heavy atom. The van der Waals surface area contributed by atoms with Gasteiger partial charge < -0.3 is 9.64 Å². The highest BCUT2D eigenvalue weighted by atomic mass is 79.9. The molecule has 0 bridgehead atoms. The van der Waals surface area contributed by atoms with Crippen molar-refractivity contribution in [2.45, 2.75) is 0 Å². The van der Waals surface area contributed by atoms with Gasteiger partial charge in [0.25, 0.3) is 5.91 Å². The molecule has 1 aliphatic heterocycles. The predicted octanol–water partition coefficient (Wildman–Crippen LogP) is 1.91. The van der Waals surface area contributed by atoms with Crippen molar-refractivity contribution in [3.8, 4) is 5.75 Å². The number of carbonyl (C=O) groups excluding carboxylic acids is 1. The topological polar surface area (TPSA) is 29.5 Å². The first-order chi connectivity index (χ1) is 6.68. The number of ether oxygens (including phenoxy) is 1. The van der Waals surface area contributed by atoms with E-state index in [1.165, 1.54) is 0 Å². The Balaban J connectivity index is 2.48. The quantitative estimate of drug-likeness (QED) is 0.709. The summed E-state index contributed by atoms with van der Waals surface area (Å²) in [7, 11) is 1.78. The summed E-state index contributed by atoms with van der Waals surface area (Å²) in [4.78, 5) is 13.4. The highest BCUT2D eigenvalue weighted by Gasteiger charge is 2.20. The molecule has 1 amide bonds. The van der Waals surface area contributed by atoms with E-state index < -0.39 is 0 Å². The number of carbonyl (C=O) groups is 1. The van der Waals surface area contributed by atoms with E-state index in [1.54, 1.807) is 18.0 Å². The molecule has 0 spiro atoms. The molecule has 3 nitrogen and oxygen atoms in total. The summed E-state index contributed by atoms with van der Waals surface area (Å²) < 4.78 is 6.40. The number of amides is 1. The Bertz CT molecular complexity index is 378. The van der Waals surface area contributed by atoms with E-state index in [0.717, 1.165) is 4.47 Å². The molecule has 0 aromatic heterocycles. The third-order valence-corrected chi connectivity index (χ3v) is 2.70. The van der Waals surface area contributed by atoms with Crippen LogP contribution in [0.1, 0.15) is 10.4 Å². The lowest BCUT2D eigenvalue weighted by atomic mass is 10.2. The number of fused-ring (bicyclic) bond motifs is 1. The highest BCUT2D eigenvalue weighted by molar-refractivity contribution is 9.10. The summed E-state index contributed by atoms with van der Waals surface area (Å²) in [5.74, 6) is 0.679. The van der Waals surface area contributed by atoms with E-state index in [-0.39, 0.29) is 5.91 Å². The number of nitrogens with zero attached hydrogens (tertiary/aromatic N) is 1. The number of likely N-dealkylation sites (N-methyl/N-ethyl adjacent to an activating group) is 1. The number of rotatable bonds is 0. The summed E-state index contributed by atoms with van der Waals surface area (Å²) in [6.45, 7) is 1.18. The summed E-state index contributed by atoms with van der Waals surface area (Å²) in [5, 5.41) is 0. The zero-order valence-electron chi connectivity index (χ0n) is 7.79. The van der Waals surface area contributed by atoms with Gasteiger partial charge in [-0.1, -0.05) is 15.9 Å². The monoisotopic (exact) mass is 255 g/mol. The van der Waals surface area contributed by atoms with Crippen molar-refractivity contribution in [1.82, 2.24) is 4.90 Å². The molecule has 0 saturated carbocycles. The molecular weight excluding hydrogens is 246 g/mol. The van der Waals surface area contributed by atoms with E-state index in [1.807, 2.05) is 12.1 Å². The van der Waals surface area contributed by atoms with Crippen molar-refractivity contribution >= 4 is 21.8 Å². The number of hydrogen-bond donors (Lipinski definition) is 0. The van der Waals surface area contributed by atoms with Crippen LogP contribution in [0, 0.1) is 0 Å². The van der Waals surface area contributed by atoms with Crippen LogP contribution in [0.3, 0.4) is 0 Å². The van der Waals surface area contributed by atoms with E-state index in [2.05, 4.69) is 15.9 Å². The first-order valence-corrected chi connectivity index (χ1v) is 5.15. The molecular formula is C10H10BrNO2. The van der Waals surface area contributed by atoms with Gasteiger partial charge in [0.05, 0.1) is 12.1 Å². The average molecular weight is 256 g/mol. The van der Waals surface area contributed by atoms with Crippen molar-refractivity contribution in [3.63, 3.8) is 0 Å². The van der Waals surface area contributed by atoms with Gasteiger partial charge in [0.15, 0.2) is 0 Å². The van der Waals surface area contributed by atoms with Crippen molar-refractivity contribution < 1.29 is 9.53 Å². The lowest BCUT2D eigenvalue weighted by molar-refractivity contribution is 0.0797. The van der Waals surface area contributed by atoms with Crippen LogP contribution in [-0.4, -0.2) is 31.0 Å². The lowest BCUT2D eigenvalue weighted by Gasteiger charge is -2.11. The van der Waals surface area contributed by atoms with E-state index in [4.69, 9.17) is 4.74 Å². The molecule has 0 radical (unpaired) electrons. The number of benzene rings is 1. The maximum Gasteiger partial charge on any atom is 0.257 e. The summed E-state index contributed by atoms with van der Waals surface area (Å²) >= 11 is 3.35. The fourth-order valence-electron chi connectivity index (χ4n) is 1.39.